The molecule has 2 heterocycles. The Kier molecular flexibility index (Phi) is 4.44. The van der Waals surface area contributed by atoms with Crippen molar-refractivity contribution in [3.8, 4) is 0 Å². The van der Waals surface area contributed by atoms with E-state index in [2.05, 4.69) is 5.32 Å². The van der Waals surface area contributed by atoms with Crippen molar-refractivity contribution in [3.63, 3.8) is 0 Å². The SMILES string of the molecule is Cc1ccc(C2CC(=S)NC(=O)/C(=C\c3ccc(C)o3)C2=O)cc1. The predicted molar refractivity (Wildman–Crippen MR) is 95.7 cm³/mol. The van der Waals surface area contributed by atoms with Gasteiger partial charge < -0.3 is 9.73 Å². The van der Waals surface area contributed by atoms with Gasteiger partial charge in [-0.15, -0.1) is 0 Å². The van der Waals surface area contributed by atoms with E-state index in [4.69, 9.17) is 16.6 Å². The molecule has 1 fully saturated rings. The predicted octanol–water partition coefficient (Wildman–Crippen LogP) is 3.48. The second-order valence-corrected chi connectivity index (χ2v) is 6.41. The number of carbonyl (C=O) groups is 2. The zero-order valence-electron chi connectivity index (χ0n) is 13.5. The van der Waals surface area contributed by atoms with Crippen molar-refractivity contribution < 1.29 is 14.0 Å². The summed E-state index contributed by atoms with van der Waals surface area (Å²) in [5.41, 5.74) is 2.03. The molecule has 122 valence electrons. The average Bonchev–Trinajstić information content (AvgIpc) is 2.91. The number of hydrogen-bond acceptors (Lipinski definition) is 4. The van der Waals surface area contributed by atoms with Crippen LogP contribution in [0.4, 0.5) is 0 Å². The summed E-state index contributed by atoms with van der Waals surface area (Å²) in [7, 11) is 0. The van der Waals surface area contributed by atoms with Gasteiger partial charge in [-0.25, -0.2) is 0 Å². The summed E-state index contributed by atoms with van der Waals surface area (Å²) in [6, 6.07) is 11.2. The first kappa shape index (κ1) is 16.3. The number of nitrogens with one attached hydrogen (secondary N) is 1. The van der Waals surface area contributed by atoms with Crippen molar-refractivity contribution in [2.75, 3.05) is 0 Å². The Labute approximate surface area is 145 Å². The molecule has 1 atom stereocenters. The highest BCUT2D eigenvalue weighted by molar-refractivity contribution is 7.80. The van der Waals surface area contributed by atoms with Crippen molar-refractivity contribution in [1.82, 2.24) is 5.32 Å². The van der Waals surface area contributed by atoms with Crippen molar-refractivity contribution in [1.29, 1.82) is 0 Å². The summed E-state index contributed by atoms with van der Waals surface area (Å²) >= 11 is 5.21. The molecule has 0 spiro atoms. The van der Waals surface area contributed by atoms with Crippen LogP contribution >= 0.6 is 12.2 Å². The largest absolute Gasteiger partial charge is 0.462 e. The van der Waals surface area contributed by atoms with Gasteiger partial charge in [0.2, 0.25) is 0 Å². The maximum atomic E-state index is 13.0. The molecule has 1 N–H and O–H groups in total. The van der Waals surface area contributed by atoms with E-state index in [1.54, 1.807) is 19.1 Å². The maximum Gasteiger partial charge on any atom is 0.259 e. The third-order valence-corrected chi connectivity index (χ3v) is 4.27. The van der Waals surface area contributed by atoms with Crippen LogP contribution in [-0.2, 0) is 9.59 Å². The molecule has 1 aromatic heterocycles. The molecule has 1 aliphatic heterocycles. The van der Waals surface area contributed by atoms with Gasteiger partial charge in [-0.3, -0.25) is 9.59 Å². The summed E-state index contributed by atoms with van der Waals surface area (Å²) in [6.07, 6.45) is 1.80. The van der Waals surface area contributed by atoms with Gasteiger partial charge in [-0.05, 0) is 37.6 Å². The first-order valence-electron chi connectivity index (χ1n) is 7.67. The van der Waals surface area contributed by atoms with E-state index in [9.17, 15) is 9.59 Å². The Hall–Kier alpha value is -2.53. The monoisotopic (exact) mass is 339 g/mol. The Balaban J connectivity index is 2.03. The molecule has 0 saturated carbocycles. The van der Waals surface area contributed by atoms with Crippen LogP contribution in [0, 0.1) is 13.8 Å². The molecule has 1 aliphatic rings. The van der Waals surface area contributed by atoms with Gasteiger partial charge in [-0.1, -0.05) is 42.0 Å². The lowest BCUT2D eigenvalue weighted by atomic mass is 9.88. The van der Waals surface area contributed by atoms with Crippen LogP contribution in [0.5, 0.6) is 0 Å². The number of rotatable bonds is 2. The minimum atomic E-state index is -0.478. The maximum absolute atomic E-state index is 13.0. The molecule has 1 aromatic carbocycles. The Bertz CT molecular complexity index is 846. The van der Waals surface area contributed by atoms with E-state index in [0.29, 0.717) is 22.9 Å². The normalized spacial score (nSPS) is 20.2. The van der Waals surface area contributed by atoms with Gasteiger partial charge in [0, 0.05) is 6.42 Å². The number of thiocarbonyl (C=S) groups is 1. The van der Waals surface area contributed by atoms with Gasteiger partial charge in [0.25, 0.3) is 5.91 Å². The lowest BCUT2D eigenvalue weighted by molar-refractivity contribution is -0.121. The van der Waals surface area contributed by atoms with Gasteiger partial charge in [0.05, 0.1) is 16.5 Å². The average molecular weight is 339 g/mol. The summed E-state index contributed by atoms with van der Waals surface area (Å²) < 4.78 is 5.47. The molecule has 0 bridgehead atoms. The van der Waals surface area contributed by atoms with E-state index in [0.717, 1.165) is 11.1 Å². The smallest absolute Gasteiger partial charge is 0.259 e. The van der Waals surface area contributed by atoms with Crippen LogP contribution in [0.15, 0.2) is 46.4 Å². The third kappa shape index (κ3) is 3.36. The molecule has 5 heteroatoms. The highest BCUT2D eigenvalue weighted by atomic mass is 32.1. The number of furan rings is 1. The molecule has 24 heavy (non-hydrogen) atoms. The van der Waals surface area contributed by atoms with Crippen LogP contribution in [-0.4, -0.2) is 16.7 Å². The van der Waals surface area contributed by atoms with Gasteiger partial charge in [-0.2, -0.15) is 0 Å². The zero-order chi connectivity index (χ0) is 17.3. The summed E-state index contributed by atoms with van der Waals surface area (Å²) in [5.74, 6) is -0.00584. The van der Waals surface area contributed by atoms with Crippen LogP contribution in [0.2, 0.25) is 0 Å². The molecule has 3 rings (SSSR count). The molecule has 1 saturated heterocycles. The minimum absolute atomic E-state index is 0.0646. The van der Waals surface area contributed by atoms with E-state index in [-0.39, 0.29) is 11.4 Å². The molecular formula is C19H17NO3S. The first-order valence-corrected chi connectivity index (χ1v) is 8.08. The standard InChI is InChI=1S/C19H17NO3S/c1-11-3-6-13(7-4-11)15-10-17(24)20-19(22)16(18(15)21)9-14-8-5-12(2)23-14/h3-9,15H,10H2,1-2H3,(H,20,22,24)/b16-9-. The number of Topliss-reactive ketones (excluding diaryl/α,β-unsaturated/α-hetero) is 1. The molecule has 4 nitrogen and oxygen atoms in total. The van der Waals surface area contributed by atoms with E-state index < -0.39 is 11.8 Å². The molecular weight excluding hydrogens is 322 g/mol. The minimum Gasteiger partial charge on any atom is -0.462 e. The van der Waals surface area contributed by atoms with E-state index >= 15 is 0 Å². The summed E-state index contributed by atoms with van der Waals surface area (Å²) in [6.45, 7) is 3.79. The van der Waals surface area contributed by atoms with Crippen molar-refractivity contribution in [2.45, 2.75) is 26.2 Å². The van der Waals surface area contributed by atoms with E-state index in [1.165, 1.54) is 6.08 Å². The second kappa shape index (κ2) is 6.53. The van der Waals surface area contributed by atoms with Crippen LogP contribution in [0.1, 0.15) is 35.0 Å². The number of benzene rings is 1. The lowest BCUT2D eigenvalue weighted by Crippen LogP contribution is -2.28. The first-order chi connectivity index (χ1) is 11.4. The summed E-state index contributed by atoms with van der Waals surface area (Å²) in [4.78, 5) is 25.7. The van der Waals surface area contributed by atoms with E-state index in [1.807, 2.05) is 31.2 Å². The zero-order valence-corrected chi connectivity index (χ0v) is 14.3. The molecule has 0 aliphatic carbocycles. The molecule has 1 amide bonds. The van der Waals surface area contributed by atoms with Crippen LogP contribution in [0.25, 0.3) is 6.08 Å². The number of hydrogen-bond donors (Lipinski definition) is 1. The van der Waals surface area contributed by atoms with Gasteiger partial charge in [0.15, 0.2) is 5.78 Å². The number of carbonyl (C=O) groups excluding carboxylic acids is 2. The molecule has 0 radical (unpaired) electrons. The topological polar surface area (TPSA) is 59.3 Å². The van der Waals surface area contributed by atoms with Gasteiger partial charge >= 0.3 is 0 Å². The summed E-state index contributed by atoms with van der Waals surface area (Å²) in [5, 5.41) is 2.62. The van der Waals surface area contributed by atoms with Gasteiger partial charge in [0.1, 0.15) is 11.5 Å². The number of ketones is 1. The Morgan fingerprint density at radius 3 is 2.46 bits per heavy atom. The second-order valence-electron chi connectivity index (χ2n) is 5.92. The fourth-order valence-corrected chi connectivity index (χ4v) is 2.96. The van der Waals surface area contributed by atoms with Crippen LogP contribution in [0.3, 0.4) is 0 Å². The molecule has 1 unspecified atom stereocenters. The van der Waals surface area contributed by atoms with Crippen LogP contribution < -0.4 is 5.32 Å². The van der Waals surface area contributed by atoms with Crippen molar-refractivity contribution >= 4 is 35.0 Å². The molecule has 2 aromatic rings. The fraction of sp³-hybridized carbons (Fsp3) is 0.211. The number of amides is 1. The number of aryl methyl sites for hydroxylation is 2. The highest BCUT2D eigenvalue weighted by Gasteiger charge is 2.33. The fourth-order valence-electron chi connectivity index (χ4n) is 2.70. The van der Waals surface area contributed by atoms with Crippen molar-refractivity contribution in [2.24, 2.45) is 0 Å². The lowest BCUT2D eigenvalue weighted by Gasteiger charge is -2.13. The third-order valence-electron chi connectivity index (χ3n) is 4.00. The Morgan fingerprint density at radius 1 is 1.12 bits per heavy atom. The highest BCUT2D eigenvalue weighted by Crippen LogP contribution is 2.28. The quantitative estimate of drug-likeness (QED) is 0.517. The Morgan fingerprint density at radius 2 is 1.83 bits per heavy atom. The van der Waals surface area contributed by atoms with Crippen molar-refractivity contribution in [3.05, 3.63) is 64.6 Å².